The number of hydrogen-bond acceptors (Lipinski definition) is 2. The highest BCUT2D eigenvalue weighted by Crippen LogP contribution is 2.40. The zero-order valence-corrected chi connectivity index (χ0v) is 7.66. The fourth-order valence-corrected chi connectivity index (χ4v) is 2.60. The van der Waals surface area contributed by atoms with Crippen LogP contribution >= 0.6 is 0 Å². The number of fused-ring (bicyclic) bond motifs is 2. The summed E-state index contributed by atoms with van der Waals surface area (Å²) < 4.78 is 0. The molecule has 2 aliphatic rings. The van der Waals surface area contributed by atoms with Gasteiger partial charge in [0.2, 0.25) is 0 Å². The molecule has 2 rings (SSSR count). The molecule has 0 amide bonds. The Balaban J connectivity index is 2.19. The van der Waals surface area contributed by atoms with E-state index in [4.69, 9.17) is 0 Å². The van der Waals surface area contributed by atoms with Gasteiger partial charge in [0.05, 0.1) is 0 Å². The maximum absolute atomic E-state index is 11.5. The van der Waals surface area contributed by atoms with E-state index >= 15 is 0 Å². The van der Waals surface area contributed by atoms with Gasteiger partial charge in [0.15, 0.2) is 0 Å². The molecular formula is C11H14O2. The second-order valence-electron chi connectivity index (χ2n) is 4.21. The van der Waals surface area contributed by atoms with Crippen LogP contribution in [0.2, 0.25) is 0 Å². The average molecular weight is 178 g/mol. The van der Waals surface area contributed by atoms with Crippen molar-refractivity contribution in [1.82, 2.24) is 0 Å². The molecule has 0 N–H and O–H groups in total. The number of rotatable bonds is 1. The number of carbonyl (C=O) groups is 2. The normalized spacial score (nSPS) is 38.9. The number of ketones is 2. The third kappa shape index (κ3) is 1.45. The molecule has 2 bridgehead atoms. The molecule has 2 heteroatoms. The predicted octanol–water partition coefficient (Wildman–Crippen LogP) is 1.75. The minimum absolute atomic E-state index is 0.0439. The fraction of sp³-hybridized carbons (Fsp3) is 0.636. The molecule has 0 heterocycles. The molecule has 0 aliphatic heterocycles. The van der Waals surface area contributed by atoms with Gasteiger partial charge in [-0.3, -0.25) is 9.59 Å². The van der Waals surface area contributed by atoms with E-state index in [1.165, 1.54) is 0 Å². The van der Waals surface area contributed by atoms with Gasteiger partial charge in [-0.25, -0.2) is 0 Å². The molecule has 0 saturated heterocycles. The molecule has 2 saturated carbocycles. The zero-order valence-electron chi connectivity index (χ0n) is 7.66. The van der Waals surface area contributed by atoms with Crippen molar-refractivity contribution in [2.24, 2.45) is 17.8 Å². The highest BCUT2D eigenvalue weighted by Gasteiger charge is 2.40. The van der Waals surface area contributed by atoms with E-state index < -0.39 is 0 Å². The van der Waals surface area contributed by atoms with Gasteiger partial charge in [0.1, 0.15) is 11.6 Å². The van der Waals surface area contributed by atoms with E-state index in [1.54, 1.807) is 0 Å². The first-order valence-corrected chi connectivity index (χ1v) is 4.87. The molecule has 2 aliphatic carbocycles. The summed E-state index contributed by atoms with van der Waals surface area (Å²) in [6.45, 7) is 3.73. The van der Waals surface area contributed by atoms with Gasteiger partial charge in [-0.1, -0.05) is 6.08 Å². The first kappa shape index (κ1) is 8.67. The smallest absolute Gasteiger partial charge is 0.137 e. The monoisotopic (exact) mass is 178 g/mol. The zero-order chi connectivity index (χ0) is 9.42. The molecule has 0 spiro atoms. The molecule has 3 atom stereocenters. The predicted molar refractivity (Wildman–Crippen MR) is 49.1 cm³/mol. The van der Waals surface area contributed by atoms with Crippen LogP contribution in [0.1, 0.15) is 25.7 Å². The molecule has 0 aromatic heterocycles. The maximum Gasteiger partial charge on any atom is 0.137 e. The van der Waals surface area contributed by atoms with Crippen LogP contribution in [0.3, 0.4) is 0 Å². The van der Waals surface area contributed by atoms with Crippen LogP contribution in [-0.4, -0.2) is 11.6 Å². The van der Waals surface area contributed by atoms with Crippen LogP contribution in [0.25, 0.3) is 0 Å². The Bertz CT molecular complexity index is 267. The average Bonchev–Trinajstić information content (AvgIpc) is 2.11. The highest BCUT2D eigenvalue weighted by atomic mass is 16.1. The van der Waals surface area contributed by atoms with Crippen molar-refractivity contribution in [1.29, 1.82) is 0 Å². The third-order valence-electron chi connectivity index (χ3n) is 3.35. The van der Waals surface area contributed by atoms with Gasteiger partial charge in [-0.15, -0.1) is 6.58 Å². The number of carbonyl (C=O) groups excluding carboxylic acids is 2. The summed E-state index contributed by atoms with van der Waals surface area (Å²) in [7, 11) is 0. The second kappa shape index (κ2) is 3.09. The van der Waals surface area contributed by atoms with E-state index in [0.29, 0.717) is 25.2 Å². The lowest BCUT2D eigenvalue weighted by molar-refractivity contribution is -0.136. The van der Waals surface area contributed by atoms with Crippen LogP contribution in [0, 0.1) is 17.8 Å². The highest BCUT2D eigenvalue weighted by molar-refractivity contribution is 5.90. The second-order valence-corrected chi connectivity index (χ2v) is 4.21. The van der Waals surface area contributed by atoms with E-state index in [-0.39, 0.29) is 23.4 Å². The van der Waals surface area contributed by atoms with Crippen molar-refractivity contribution >= 4 is 11.6 Å². The van der Waals surface area contributed by atoms with E-state index in [9.17, 15) is 9.59 Å². The fourth-order valence-electron chi connectivity index (χ4n) is 2.60. The van der Waals surface area contributed by atoms with Gasteiger partial charge in [0.25, 0.3) is 0 Å². The minimum Gasteiger partial charge on any atom is -0.300 e. The molecule has 13 heavy (non-hydrogen) atoms. The molecule has 0 aromatic rings. The van der Waals surface area contributed by atoms with E-state index in [2.05, 4.69) is 6.58 Å². The Hall–Kier alpha value is -0.920. The Labute approximate surface area is 78.0 Å². The summed E-state index contributed by atoms with van der Waals surface area (Å²) in [5.41, 5.74) is 0. The van der Waals surface area contributed by atoms with Gasteiger partial charge in [-0.05, 0) is 18.3 Å². The molecule has 0 aromatic carbocycles. The summed E-state index contributed by atoms with van der Waals surface area (Å²) >= 11 is 0. The standard InChI is InChI=1S/C11H14O2/c1-2-7-6-11(13)9-3-8(7)4-10(12)5-9/h2,7-9H,1,3-6H2. The van der Waals surface area contributed by atoms with Crippen LogP contribution in [0.5, 0.6) is 0 Å². The van der Waals surface area contributed by atoms with Crippen molar-refractivity contribution in [2.75, 3.05) is 0 Å². The first-order valence-electron chi connectivity index (χ1n) is 4.87. The molecule has 0 radical (unpaired) electrons. The minimum atomic E-state index is 0.0439. The molecule has 2 fully saturated rings. The number of hydrogen-bond donors (Lipinski definition) is 0. The van der Waals surface area contributed by atoms with Crippen LogP contribution in [-0.2, 0) is 9.59 Å². The van der Waals surface area contributed by atoms with E-state index in [1.807, 2.05) is 6.08 Å². The third-order valence-corrected chi connectivity index (χ3v) is 3.35. The van der Waals surface area contributed by atoms with Gasteiger partial charge in [0, 0.05) is 25.2 Å². The van der Waals surface area contributed by atoms with Crippen molar-refractivity contribution in [2.45, 2.75) is 25.7 Å². The Kier molecular flexibility index (Phi) is 2.06. The maximum atomic E-state index is 11.5. The molecule has 3 unspecified atom stereocenters. The number of allylic oxidation sites excluding steroid dienone is 1. The quantitative estimate of drug-likeness (QED) is 0.573. The van der Waals surface area contributed by atoms with Crippen molar-refractivity contribution in [3.63, 3.8) is 0 Å². The summed E-state index contributed by atoms with van der Waals surface area (Å²) in [6.07, 6.45) is 4.55. The van der Waals surface area contributed by atoms with Gasteiger partial charge in [-0.2, -0.15) is 0 Å². The Morgan fingerprint density at radius 2 is 2.00 bits per heavy atom. The van der Waals surface area contributed by atoms with Crippen LogP contribution in [0.4, 0.5) is 0 Å². The summed E-state index contributed by atoms with van der Waals surface area (Å²) in [5.74, 6) is 1.24. The van der Waals surface area contributed by atoms with Crippen molar-refractivity contribution in [3.8, 4) is 0 Å². The van der Waals surface area contributed by atoms with Gasteiger partial charge >= 0.3 is 0 Å². The molecule has 70 valence electrons. The van der Waals surface area contributed by atoms with Gasteiger partial charge < -0.3 is 0 Å². The summed E-state index contributed by atoms with van der Waals surface area (Å²) in [4.78, 5) is 22.8. The van der Waals surface area contributed by atoms with Crippen LogP contribution in [0.15, 0.2) is 12.7 Å². The summed E-state index contributed by atoms with van der Waals surface area (Å²) in [6, 6.07) is 0. The van der Waals surface area contributed by atoms with Crippen molar-refractivity contribution in [3.05, 3.63) is 12.7 Å². The summed E-state index contributed by atoms with van der Waals surface area (Å²) in [5, 5.41) is 0. The lowest BCUT2D eigenvalue weighted by atomic mass is 9.66. The topological polar surface area (TPSA) is 34.1 Å². The molecule has 2 nitrogen and oxygen atoms in total. The van der Waals surface area contributed by atoms with Crippen LogP contribution < -0.4 is 0 Å². The lowest BCUT2D eigenvalue weighted by Crippen LogP contribution is -2.38. The first-order chi connectivity index (χ1) is 6.20. The SMILES string of the molecule is C=CC1CC(=O)C2CC(=O)CC1C2. The number of Topliss-reactive ketones (excluding diaryl/α,β-unsaturated/α-hetero) is 2. The Morgan fingerprint density at radius 3 is 2.69 bits per heavy atom. The molecular weight excluding hydrogens is 164 g/mol. The largest absolute Gasteiger partial charge is 0.300 e. The van der Waals surface area contributed by atoms with E-state index in [0.717, 1.165) is 6.42 Å². The lowest BCUT2D eigenvalue weighted by Gasteiger charge is -2.37. The Morgan fingerprint density at radius 1 is 1.23 bits per heavy atom. The van der Waals surface area contributed by atoms with Crippen molar-refractivity contribution < 1.29 is 9.59 Å².